The quantitative estimate of drug-likeness (QED) is 0.895. The number of alkyl halides is 3. The molecule has 0 amide bonds. The van der Waals surface area contributed by atoms with Crippen LogP contribution in [-0.4, -0.2) is 12.0 Å². The molecule has 0 radical (unpaired) electrons. The summed E-state index contributed by atoms with van der Waals surface area (Å²) in [5.41, 5.74) is -0.756. The Morgan fingerprint density at radius 3 is 2.58 bits per heavy atom. The lowest BCUT2D eigenvalue weighted by molar-refractivity contribution is -0.137. The molecular formula is C12H12F3N3O. The second kappa shape index (κ2) is 5.21. The fraction of sp³-hybridized carbons (Fsp3) is 0.250. The van der Waals surface area contributed by atoms with E-state index in [1.165, 1.54) is 13.3 Å². The van der Waals surface area contributed by atoms with Gasteiger partial charge in [-0.1, -0.05) is 0 Å². The molecule has 0 unspecified atom stereocenters. The van der Waals surface area contributed by atoms with Crippen LogP contribution in [0.2, 0.25) is 0 Å². The summed E-state index contributed by atoms with van der Waals surface area (Å²) >= 11 is 0. The van der Waals surface area contributed by atoms with E-state index in [0.717, 1.165) is 12.1 Å². The van der Waals surface area contributed by atoms with Crippen molar-refractivity contribution < 1.29 is 17.6 Å². The summed E-state index contributed by atoms with van der Waals surface area (Å²) in [6.45, 7) is 0.268. The van der Waals surface area contributed by atoms with Crippen LogP contribution in [0.15, 0.2) is 34.9 Å². The number of furan rings is 1. The van der Waals surface area contributed by atoms with Gasteiger partial charge in [0.05, 0.1) is 18.4 Å². The molecule has 0 saturated carbocycles. The minimum absolute atomic E-state index is 0.135. The third-order valence-electron chi connectivity index (χ3n) is 2.43. The zero-order chi connectivity index (χ0) is 13.9. The minimum Gasteiger partial charge on any atom is -0.467 e. The molecule has 0 atom stereocenters. The van der Waals surface area contributed by atoms with Gasteiger partial charge in [0.25, 0.3) is 0 Å². The molecule has 0 fully saturated rings. The van der Waals surface area contributed by atoms with Gasteiger partial charge in [-0.3, -0.25) is 0 Å². The largest absolute Gasteiger partial charge is 0.467 e. The van der Waals surface area contributed by atoms with E-state index in [-0.39, 0.29) is 18.2 Å². The highest BCUT2D eigenvalue weighted by Crippen LogP contribution is 2.32. The second-order valence-electron chi connectivity index (χ2n) is 3.81. The topological polar surface area (TPSA) is 50.1 Å². The molecule has 0 saturated heterocycles. The molecule has 0 bridgehead atoms. The molecule has 2 aromatic rings. The van der Waals surface area contributed by atoms with Crippen LogP contribution in [0, 0.1) is 0 Å². The summed E-state index contributed by atoms with van der Waals surface area (Å²) in [4.78, 5) is 4.00. The molecule has 2 rings (SSSR count). The van der Waals surface area contributed by atoms with Crippen LogP contribution in [0.4, 0.5) is 24.8 Å². The van der Waals surface area contributed by atoms with E-state index in [2.05, 4.69) is 15.6 Å². The lowest BCUT2D eigenvalue weighted by Crippen LogP contribution is -2.09. The lowest BCUT2D eigenvalue weighted by atomic mass is 10.2. The third kappa shape index (κ3) is 3.40. The maximum absolute atomic E-state index is 12.7. The summed E-state index contributed by atoms with van der Waals surface area (Å²) in [5.74, 6) is 0.901. The monoisotopic (exact) mass is 271 g/mol. The molecule has 0 aliphatic carbocycles. The van der Waals surface area contributed by atoms with E-state index < -0.39 is 11.7 Å². The molecule has 2 heterocycles. The van der Waals surface area contributed by atoms with E-state index in [4.69, 9.17) is 4.42 Å². The highest BCUT2D eigenvalue weighted by Gasteiger charge is 2.31. The number of hydrogen-bond acceptors (Lipinski definition) is 4. The number of halogens is 3. The van der Waals surface area contributed by atoms with Crippen molar-refractivity contribution in [2.24, 2.45) is 0 Å². The Morgan fingerprint density at radius 1 is 1.26 bits per heavy atom. The number of hydrogen-bond donors (Lipinski definition) is 2. The maximum atomic E-state index is 12.7. The van der Waals surface area contributed by atoms with Crippen molar-refractivity contribution in [2.45, 2.75) is 12.7 Å². The van der Waals surface area contributed by atoms with Crippen LogP contribution < -0.4 is 10.6 Å². The first-order valence-electron chi connectivity index (χ1n) is 5.52. The van der Waals surface area contributed by atoms with Gasteiger partial charge < -0.3 is 15.1 Å². The Morgan fingerprint density at radius 2 is 2.00 bits per heavy atom. The average molecular weight is 271 g/mol. The molecule has 102 valence electrons. The Labute approximate surface area is 107 Å². The number of rotatable bonds is 4. The number of nitrogens with zero attached hydrogens (tertiary/aromatic N) is 1. The van der Waals surface area contributed by atoms with Gasteiger partial charge in [-0.25, -0.2) is 4.98 Å². The maximum Gasteiger partial charge on any atom is 0.416 e. The molecule has 0 aliphatic heterocycles. The summed E-state index contributed by atoms with van der Waals surface area (Å²) in [5, 5.41) is 5.39. The third-order valence-corrected chi connectivity index (χ3v) is 2.43. The zero-order valence-electron chi connectivity index (χ0n) is 10.1. The molecular weight excluding hydrogens is 259 g/mol. The fourth-order valence-electron chi connectivity index (χ4n) is 1.50. The Bertz CT molecular complexity index is 538. The Balaban J connectivity index is 2.19. The second-order valence-corrected chi connectivity index (χ2v) is 3.81. The van der Waals surface area contributed by atoms with Gasteiger partial charge >= 0.3 is 6.18 Å². The predicted molar refractivity (Wildman–Crippen MR) is 64.8 cm³/mol. The van der Waals surface area contributed by atoms with Gasteiger partial charge in [0.1, 0.15) is 17.4 Å². The van der Waals surface area contributed by atoms with E-state index in [1.807, 2.05) is 0 Å². The van der Waals surface area contributed by atoms with Crippen molar-refractivity contribution in [3.05, 3.63) is 41.9 Å². The van der Waals surface area contributed by atoms with Crippen molar-refractivity contribution in [1.82, 2.24) is 4.98 Å². The standard InChI is InChI=1S/C12H12F3N3O/c1-16-10-5-8(12(13,14)15)6-11(18-10)17-7-9-3-2-4-19-9/h2-6H,7H2,1H3,(H2,16,17,18). The SMILES string of the molecule is CNc1cc(C(F)(F)F)cc(NCc2ccco2)n1. The summed E-state index contributed by atoms with van der Waals surface area (Å²) in [6.07, 6.45) is -2.91. The predicted octanol–water partition coefficient (Wildman–Crippen LogP) is 3.35. The number of aromatic nitrogens is 1. The van der Waals surface area contributed by atoms with E-state index in [9.17, 15) is 13.2 Å². The molecule has 4 nitrogen and oxygen atoms in total. The smallest absolute Gasteiger partial charge is 0.416 e. The molecule has 2 N–H and O–H groups in total. The zero-order valence-corrected chi connectivity index (χ0v) is 10.1. The molecule has 0 aliphatic rings. The highest BCUT2D eigenvalue weighted by molar-refractivity contribution is 5.49. The van der Waals surface area contributed by atoms with Crippen LogP contribution in [0.5, 0.6) is 0 Å². The van der Waals surface area contributed by atoms with Gasteiger partial charge in [0.2, 0.25) is 0 Å². The number of nitrogens with one attached hydrogen (secondary N) is 2. The van der Waals surface area contributed by atoms with Crippen LogP contribution in [0.3, 0.4) is 0 Å². The first-order valence-corrected chi connectivity index (χ1v) is 5.52. The molecule has 2 aromatic heterocycles. The van der Waals surface area contributed by atoms with Crippen LogP contribution in [-0.2, 0) is 12.7 Å². The van der Waals surface area contributed by atoms with Crippen molar-refractivity contribution >= 4 is 11.6 Å². The van der Waals surface area contributed by atoms with E-state index >= 15 is 0 Å². The van der Waals surface area contributed by atoms with Gasteiger partial charge in [0, 0.05) is 7.05 Å². The Kier molecular flexibility index (Phi) is 3.64. The van der Waals surface area contributed by atoms with Gasteiger partial charge in [0.15, 0.2) is 0 Å². The number of pyridine rings is 1. The van der Waals surface area contributed by atoms with Gasteiger partial charge in [-0.2, -0.15) is 13.2 Å². The summed E-state index contributed by atoms with van der Waals surface area (Å²) < 4.78 is 43.2. The van der Waals surface area contributed by atoms with Gasteiger partial charge in [-0.05, 0) is 24.3 Å². The summed E-state index contributed by atoms with van der Waals surface area (Å²) in [6, 6.07) is 5.34. The van der Waals surface area contributed by atoms with Crippen molar-refractivity contribution in [3.8, 4) is 0 Å². The summed E-state index contributed by atoms with van der Waals surface area (Å²) in [7, 11) is 1.51. The van der Waals surface area contributed by atoms with E-state index in [0.29, 0.717) is 5.76 Å². The lowest BCUT2D eigenvalue weighted by Gasteiger charge is -2.12. The number of anilines is 2. The Hall–Kier alpha value is -2.18. The van der Waals surface area contributed by atoms with Crippen molar-refractivity contribution in [2.75, 3.05) is 17.7 Å². The first kappa shape index (κ1) is 13.3. The van der Waals surface area contributed by atoms with Crippen molar-refractivity contribution in [1.29, 1.82) is 0 Å². The van der Waals surface area contributed by atoms with Crippen LogP contribution >= 0.6 is 0 Å². The van der Waals surface area contributed by atoms with Crippen molar-refractivity contribution in [3.63, 3.8) is 0 Å². The highest BCUT2D eigenvalue weighted by atomic mass is 19.4. The first-order chi connectivity index (χ1) is 8.99. The van der Waals surface area contributed by atoms with Gasteiger partial charge in [-0.15, -0.1) is 0 Å². The normalized spacial score (nSPS) is 11.4. The molecule has 0 spiro atoms. The molecule has 7 heteroatoms. The minimum atomic E-state index is -4.41. The average Bonchev–Trinajstić information content (AvgIpc) is 2.88. The van der Waals surface area contributed by atoms with E-state index in [1.54, 1.807) is 12.1 Å². The fourth-order valence-corrected chi connectivity index (χ4v) is 1.50. The molecule has 0 aromatic carbocycles. The van der Waals surface area contributed by atoms with Crippen LogP contribution in [0.25, 0.3) is 0 Å². The van der Waals surface area contributed by atoms with Crippen LogP contribution in [0.1, 0.15) is 11.3 Å². The molecule has 19 heavy (non-hydrogen) atoms.